The van der Waals surface area contributed by atoms with Gasteiger partial charge in [0.1, 0.15) is 4.88 Å². The topological polar surface area (TPSA) is 96.4 Å². The molecule has 7 heteroatoms. The number of carbonyl (C=O) groups excluding carboxylic acids is 2. The first-order chi connectivity index (χ1) is 15.6. The highest BCUT2D eigenvalue weighted by Gasteiger charge is 2.58. The van der Waals surface area contributed by atoms with Crippen molar-refractivity contribution >= 4 is 34.1 Å². The summed E-state index contributed by atoms with van der Waals surface area (Å²) in [6.07, 6.45) is 0.909. The van der Waals surface area contributed by atoms with Gasteiger partial charge in [-0.1, -0.05) is 85.8 Å². The smallest absolute Gasteiger partial charge is 0.309 e. The number of amides is 1. The lowest BCUT2D eigenvalue weighted by molar-refractivity contribution is -0.154. The van der Waals surface area contributed by atoms with Crippen LogP contribution < -0.4 is 5.32 Å². The number of anilines is 1. The molecule has 33 heavy (non-hydrogen) atoms. The minimum atomic E-state index is -0.985. The van der Waals surface area contributed by atoms with Crippen molar-refractivity contribution in [3.05, 3.63) is 71.1 Å². The van der Waals surface area contributed by atoms with Gasteiger partial charge in [-0.05, 0) is 25.2 Å². The Morgan fingerprint density at radius 1 is 1.00 bits per heavy atom. The summed E-state index contributed by atoms with van der Waals surface area (Å²) in [4.78, 5) is 43.4. The number of hydrogen-bond donors (Lipinski definition) is 2. The van der Waals surface area contributed by atoms with Gasteiger partial charge in [-0.3, -0.25) is 14.4 Å². The summed E-state index contributed by atoms with van der Waals surface area (Å²) in [5, 5.41) is 13.0. The summed E-state index contributed by atoms with van der Waals surface area (Å²) < 4.78 is 0. The quantitative estimate of drug-likeness (QED) is 0.471. The number of benzene rings is 2. The van der Waals surface area contributed by atoms with Crippen LogP contribution in [0.25, 0.3) is 11.3 Å². The van der Waals surface area contributed by atoms with Crippen molar-refractivity contribution in [2.45, 2.75) is 33.6 Å². The molecule has 1 aliphatic rings. The molecule has 170 valence electrons. The van der Waals surface area contributed by atoms with Crippen LogP contribution in [-0.4, -0.2) is 27.8 Å². The zero-order chi connectivity index (χ0) is 23.8. The molecular weight excluding hydrogens is 436 g/mol. The monoisotopic (exact) mass is 462 g/mol. The molecule has 1 fully saturated rings. The lowest BCUT2D eigenvalue weighted by atomic mass is 9.65. The Hall–Kier alpha value is -3.32. The third-order valence-electron chi connectivity index (χ3n) is 7.16. The Kier molecular flexibility index (Phi) is 5.93. The second kappa shape index (κ2) is 8.56. The normalized spacial score (nSPS) is 21.5. The first-order valence-corrected chi connectivity index (χ1v) is 11.7. The SMILES string of the molecule is CC1(C(=O)O)CCC(C(=O)Nc2nc(-c3ccccc3)c(C(=O)c3ccccc3)s2)C1(C)C. The molecule has 1 aromatic heterocycles. The van der Waals surface area contributed by atoms with Gasteiger partial charge in [0.05, 0.1) is 11.1 Å². The van der Waals surface area contributed by atoms with Crippen LogP contribution in [0.1, 0.15) is 48.8 Å². The van der Waals surface area contributed by atoms with E-state index in [9.17, 15) is 19.5 Å². The van der Waals surface area contributed by atoms with Crippen molar-refractivity contribution in [3.63, 3.8) is 0 Å². The largest absolute Gasteiger partial charge is 0.481 e. The van der Waals surface area contributed by atoms with Gasteiger partial charge >= 0.3 is 5.97 Å². The molecule has 2 aromatic carbocycles. The molecule has 1 saturated carbocycles. The van der Waals surface area contributed by atoms with Crippen LogP contribution in [0.4, 0.5) is 5.13 Å². The fourth-order valence-electron chi connectivity index (χ4n) is 4.57. The highest BCUT2D eigenvalue weighted by molar-refractivity contribution is 7.18. The summed E-state index contributed by atoms with van der Waals surface area (Å²) in [6.45, 7) is 5.37. The van der Waals surface area contributed by atoms with Crippen molar-refractivity contribution in [1.29, 1.82) is 0 Å². The fraction of sp³-hybridized carbons (Fsp3) is 0.308. The van der Waals surface area contributed by atoms with E-state index in [-0.39, 0.29) is 11.7 Å². The molecule has 2 atom stereocenters. The molecule has 1 aliphatic carbocycles. The maximum absolute atomic E-state index is 13.3. The Labute approximate surface area is 196 Å². The lowest BCUT2D eigenvalue weighted by Gasteiger charge is -2.37. The molecule has 0 radical (unpaired) electrons. The number of rotatable bonds is 6. The molecule has 2 unspecified atom stereocenters. The zero-order valence-corrected chi connectivity index (χ0v) is 19.6. The number of thiazole rings is 1. The van der Waals surface area contributed by atoms with Gasteiger partial charge < -0.3 is 10.4 Å². The maximum atomic E-state index is 13.3. The van der Waals surface area contributed by atoms with Gasteiger partial charge in [-0.2, -0.15) is 0 Å². The Bertz CT molecular complexity index is 1200. The number of carbonyl (C=O) groups is 3. The fourth-order valence-corrected chi connectivity index (χ4v) is 5.53. The third-order valence-corrected chi connectivity index (χ3v) is 8.13. The van der Waals surface area contributed by atoms with Crippen LogP contribution in [0.5, 0.6) is 0 Å². The van der Waals surface area contributed by atoms with E-state index >= 15 is 0 Å². The van der Waals surface area contributed by atoms with E-state index in [0.717, 1.165) is 16.9 Å². The van der Waals surface area contributed by atoms with Crippen molar-refractivity contribution in [2.24, 2.45) is 16.7 Å². The molecule has 1 amide bonds. The number of ketones is 1. The van der Waals surface area contributed by atoms with Crippen molar-refractivity contribution in [3.8, 4) is 11.3 Å². The molecule has 6 nitrogen and oxygen atoms in total. The molecule has 4 rings (SSSR count). The van der Waals surface area contributed by atoms with Gasteiger partial charge in [0.25, 0.3) is 0 Å². The van der Waals surface area contributed by atoms with Gasteiger partial charge in [0.2, 0.25) is 11.7 Å². The number of nitrogens with one attached hydrogen (secondary N) is 1. The van der Waals surface area contributed by atoms with Gasteiger partial charge in [0, 0.05) is 17.0 Å². The van der Waals surface area contributed by atoms with Crippen LogP contribution in [-0.2, 0) is 9.59 Å². The number of hydrogen-bond acceptors (Lipinski definition) is 5. The van der Waals surface area contributed by atoms with Crippen molar-refractivity contribution < 1.29 is 19.5 Å². The first-order valence-electron chi connectivity index (χ1n) is 10.9. The number of carboxylic acid groups (broad SMARTS) is 1. The molecule has 0 spiro atoms. The summed E-state index contributed by atoms with van der Waals surface area (Å²) in [6, 6.07) is 18.4. The number of aliphatic carboxylic acids is 1. The summed E-state index contributed by atoms with van der Waals surface area (Å²) in [5.74, 6) is -1.79. The van der Waals surface area contributed by atoms with E-state index in [2.05, 4.69) is 10.3 Å². The van der Waals surface area contributed by atoms with E-state index in [4.69, 9.17) is 0 Å². The van der Waals surface area contributed by atoms with E-state index in [1.807, 2.05) is 50.2 Å². The average molecular weight is 463 g/mol. The van der Waals surface area contributed by atoms with E-state index in [1.165, 1.54) is 0 Å². The minimum Gasteiger partial charge on any atom is -0.481 e. The molecule has 3 aromatic rings. The highest BCUT2D eigenvalue weighted by Crippen LogP contribution is 2.56. The number of carboxylic acids is 1. The zero-order valence-electron chi connectivity index (χ0n) is 18.8. The highest BCUT2D eigenvalue weighted by atomic mass is 32.1. The number of nitrogens with zero attached hydrogens (tertiary/aromatic N) is 1. The predicted octanol–water partition coefficient (Wildman–Crippen LogP) is 5.51. The minimum absolute atomic E-state index is 0.160. The number of aromatic nitrogens is 1. The predicted molar refractivity (Wildman–Crippen MR) is 128 cm³/mol. The Balaban J connectivity index is 1.67. The maximum Gasteiger partial charge on any atom is 0.309 e. The standard InChI is InChI=1S/C26H26N2O4S/c1-25(2)18(14-15-26(25,3)23(31)32)22(30)28-24-27-19(16-10-6-4-7-11-16)21(33-24)20(29)17-12-8-5-9-13-17/h4-13,18H,14-15H2,1-3H3,(H,31,32)(H,27,28,30). The van der Waals surface area contributed by atoms with Gasteiger partial charge in [-0.15, -0.1) is 0 Å². The van der Waals surface area contributed by atoms with E-state index in [0.29, 0.717) is 34.1 Å². The first kappa shape index (κ1) is 22.9. The molecule has 0 bridgehead atoms. The van der Waals surface area contributed by atoms with Gasteiger partial charge in [-0.25, -0.2) is 4.98 Å². The molecule has 1 heterocycles. The van der Waals surface area contributed by atoms with Crippen LogP contribution in [0.2, 0.25) is 0 Å². The second-order valence-corrected chi connectivity index (χ2v) is 10.2. The Morgan fingerprint density at radius 2 is 1.61 bits per heavy atom. The summed E-state index contributed by atoms with van der Waals surface area (Å²) in [5.41, 5.74) is 0.136. The van der Waals surface area contributed by atoms with Crippen LogP contribution in [0, 0.1) is 16.7 Å². The molecular formula is C26H26N2O4S. The van der Waals surface area contributed by atoms with E-state index in [1.54, 1.807) is 31.2 Å². The second-order valence-electron chi connectivity index (χ2n) is 9.20. The van der Waals surface area contributed by atoms with E-state index < -0.39 is 22.7 Å². The van der Waals surface area contributed by atoms with Crippen molar-refractivity contribution in [2.75, 3.05) is 5.32 Å². The molecule has 2 N–H and O–H groups in total. The van der Waals surface area contributed by atoms with Crippen molar-refractivity contribution in [1.82, 2.24) is 4.98 Å². The molecule has 0 saturated heterocycles. The summed E-state index contributed by atoms with van der Waals surface area (Å²) in [7, 11) is 0. The van der Waals surface area contributed by atoms with Crippen LogP contribution >= 0.6 is 11.3 Å². The Morgan fingerprint density at radius 3 is 2.18 bits per heavy atom. The van der Waals surface area contributed by atoms with Crippen LogP contribution in [0.15, 0.2) is 60.7 Å². The summed E-state index contributed by atoms with van der Waals surface area (Å²) >= 11 is 1.14. The van der Waals surface area contributed by atoms with Gasteiger partial charge in [0.15, 0.2) is 5.13 Å². The van der Waals surface area contributed by atoms with Crippen LogP contribution in [0.3, 0.4) is 0 Å². The third kappa shape index (κ3) is 3.97. The molecule has 0 aliphatic heterocycles. The lowest BCUT2D eigenvalue weighted by Crippen LogP contribution is -2.43. The average Bonchev–Trinajstić information content (AvgIpc) is 3.33.